The SMILES string of the molecule is O=S1(=O)CCN2N=CC=C(c3ccc(-c4ccccn4)cc3)C2=N1. The average molecular weight is 338 g/mol. The molecule has 3 heterocycles. The van der Waals surface area contributed by atoms with Crippen LogP contribution < -0.4 is 0 Å². The fourth-order valence-corrected chi connectivity index (χ4v) is 3.63. The summed E-state index contributed by atoms with van der Waals surface area (Å²) in [6.07, 6.45) is 5.20. The molecule has 2 aliphatic heterocycles. The van der Waals surface area contributed by atoms with E-state index in [9.17, 15) is 8.42 Å². The van der Waals surface area contributed by atoms with Crippen molar-refractivity contribution in [1.82, 2.24) is 9.99 Å². The fourth-order valence-electron chi connectivity index (χ4n) is 2.68. The number of allylic oxidation sites excluding steroid dienone is 1. The molecule has 0 atom stereocenters. The van der Waals surface area contributed by atoms with Crippen molar-refractivity contribution in [1.29, 1.82) is 0 Å². The third-order valence-corrected chi connectivity index (χ3v) is 5.03. The summed E-state index contributed by atoms with van der Waals surface area (Å²) in [6.45, 7) is 0.320. The summed E-state index contributed by atoms with van der Waals surface area (Å²) >= 11 is 0. The van der Waals surface area contributed by atoms with Gasteiger partial charge in [0.05, 0.1) is 18.0 Å². The van der Waals surface area contributed by atoms with Gasteiger partial charge in [0.15, 0.2) is 5.84 Å². The van der Waals surface area contributed by atoms with Gasteiger partial charge in [0.25, 0.3) is 10.0 Å². The Morgan fingerprint density at radius 3 is 2.54 bits per heavy atom. The van der Waals surface area contributed by atoms with Gasteiger partial charge in [-0.15, -0.1) is 4.40 Å². The van der Waals surface area contributed by atoms with Crippen molar-refractivity contribution in [2.24, 2.45) is 9.50 Å². The van der Waals surface area contributed by atoms with Gasteiger partial charge in [0.2, 0.25) is 0 Å². The van der Waals surface area contributed by atoms with Gasteiger partial charge in [-0.2, -0.15) is 5.10 Å². The summed E-state index contributed by atoms with van der Waals surface area (Å²) in [5.74, 6) is 0.369. The maximum atomic E-state index is 11.8. The van der Waals surface area contributed by atoms with Crippen molar-refractivity contribution in [2.45, 2.75) is 0 Å². The minimum Gasteiger partial charge on any atom is -0.256 e. The Bertz CT molecular complexity index is 961. The van der Waals surface area contributed by atoms with E-state index >= 15 is 0 Å². The Labute approximate surface area is 139 Å². The second-order valence-corrected chi connectivity index (χ2v) is 7.22. The van der Waals surface area contributed by atoms with E-state index in [1.807, 2.05) is 42.5 Å². The van der Waals surface area contributed by atoms with Crippen LogP contribution in [0.1, 0.15) is 5.56 Å². The second kappa shape index (κ2) is 5.68. The molecule has 0 unspecified atom stereocenters. The van der Waals surface area contributed by atoms with E-state index in [-0.39, 0.29) is 5.75 Å². The van der Waals surface area contributed by atoms with Crippen molar-refractivity contribution in [3.05, 3.63) is 60.3 Å². The molecule has 0 fully saturated rings. The lowest BCUT2D eigenvalue weighted by molar-refractivity contribution is 0.464. The zero-order chi connectivity index (χ0) is 16.6. The molecule has 0 N–H and O–H groups in total. The molecule has 0 bridgehead atoms. The number of aromatic nitrogens is 1. The Hall–Kier alpha value is -2.80. The molecular weight excluding hydrogens is 324 g/mol. The van der Waals surface area contributed by atoms with Crippen molar-refractivity contribution in [2.75, 3.05) is 12.3 Å². The summed E-state index contributed by atoms with van der Waals surface area (Å²) in [5.41, 5.74) is 3.53. The first kappa shape index (κ1) is 14.8. The van der Waals surface area contributed by atoms with Crippen LogP contribution in [-0.2, 0) is 10.0 Å². The monoisotopic (exact) mass is 338 g/mol. The molecule has 1 aromatic heterocycles. The first-order valence-electron chi connectivity index (χ1n) is 7.49. The molecule has 2 aromatic rings. The molecule has 2 aliphatic rings. The van der Waals surface area contributed by atoms with Crippen molar-refractivity contribution in [3.8, 4) is 11.3 Å². The van der Waals surface area contributed by atoms with E-state index in [0.717, 1.165) is 22.4 Å². The lowest BCUT2D eigenvalue weighted by atomic mass is 10.0. The molecule has 4 rings (SSSR count). The number of pyridine rings is 1. The number of fused-ring (bicyclic) bond motifs is 1. The first-order valence-corrected chi connectivity index (χ1v) is 9.10. The van der Waals surface area contributed by atoms with Crippen molar-refractivity contribution >= 4 is 27.6 Å². The van der Waals surface area contributed by atoms with Crippen molar-refractivity contribution in [3.63, 3.8) is 0 Å². The van der Waals surface area contributed by atoms with Crippen LogP contribution >= 0.6 is 0 Å². The summed E-state index contributed by atoms with van der Waals surface area (Å²) in [6, 6.07) is 13.6. The van der Waals surface area contributed by atoms with E-state index in [4.69, 9.17) is 0 Å². The van der Waals surface area contributed by atoms with Crippen molar-refractivity contribution < 1.29 is 8.42 Å². The number of sulfonamides is 1. The molecule has 0 saturated carbocycles. The van der Waals surface area contributed by atoms with Crippen LogP contribution in [0.15, 0.2) is 64.2 Å². The van der Waals surface area contributed by atoms with Gasteiger partial charge < -0.3 is 0 Å². The molecule has 0 radical (unpaired) electrons. The summed E-state index contributed by atoms with van der Waals surface area (Å²) in [5, 5.41) is 5.81. The maximum absolute atomic E-state index is 11.8. The molecule has 120 valence electrons. The summed E-state index contributed by atoms with van der Waals surface area (Å²) in [7, 11) is -3.42. The predicted octanol–water partition coefficient (Wildman–Crippen LogP) is 2.18. The number of hydrazone groups is 1. The molecule has 0 amide bonds. The number of benzene rings is 1. The van der Waals surface area contributed by atoms with E-state index in [0.29, 0.717) is 12.4 Å². The van der Waals surface area contributed by atoms with Crippen LogP contribution in [0.25, 0.3) is 16.8 Å². The zero-order valence-corrected chi connectivity index (χ0v) is 13.5. The van der Waals surface area contributed by atoms with E-state index < -0.39 is 10.0 Å². The van der Waals surface area contributed by atoms with Crippen LogP contribution in [0.2, 0.25) is 0 Å². The molecule has 1 aromatic carbocycles. The molecule has 24 heavy (non-hydrogen) atoms. The zero-order valence-electron chi connectivity index (χ0n) is 12.7. The lowest BCUT2D eigenvalue weighted by Gasteiger charge is -2.27. The van der Waals surface area contributed by atoms with Gasteiger partial charge in [-0.25, -0.2) is 13.4 Å². The predicted molar refractivity (Wildman–Crippen MR) is 94.1 cm³/mol. The number of nitrogens with zero attached hydrogens (tertiary/aromatic N) is 4. The lowest BCUT2D eigenvalue weighted by Crippen LogP contribution is -2.38. The van der Waals surface area contributed by atoms with Gasteiger partial charge >= 0.3 is 0 Å². The Morgan fingerprint density at radius 2 is 1.79 bits per heavy atom. The van der Waals surface area contributed by atoms with E-state index in [1.54, 1.807) is 23.5 Å². The minimum atomic E-state index is -3.42. The van der Waals surface area contributed by atoms with Crippen LogP contribution in [0.3, 0.4) is 0 Å². The number of hydrogen-bond acceptors (Lipinski definition) is 5. The van der Waals surface area contributed by atoms with Crippen LogP contribution in [0.5, 0.6) is 0 Å². The number of amidine groups is 1. The average Bonchev–Trinajstić information content (AvgIpc) is 2.61. The third-order valence-electron chi connectivity index (χ3n) is 3.88. The van der Waals surface area contributed by atoms with Gasteiger partial charge in [0, 0.05) is 23.5 Å². The van der Waals surface area contributed by atoms with Crippen LogP contribution in [0, 0.1) is 0 Å². The highest BCUT2D eigenvalue weighted by Gasteiger charge is 2.28. The first-order chi connectivity index (χ1) is 11.6. The quantitative estimate of drug-likeness (QED) is 0.841. The van der Waals surface area contributed by atoms with Gasteiger partial charge in [-0.3, -0.25) is 4.98 Å². The van der Waals surface area contributed by atoms with Crippen LogP contribution in [-0.4, -0.2) is 42.8 Å². The Morgan fingerprint density at radius 1 is 1.00 bits per heavy atom. The molecule has 0 spiro atoms. The minimum absolute atomic E-state index is 0.0142. The molecular formula is C17H14N4O2S. The highest BCUT2D eigenvalue weighted by atomic mass is 32.2. The number of rotatable bonds is 2. The molecule has 7 heteroatoms. The standard InChI is InChI=1S/C17H14N4O2S/c22-24(23)12-11-21-17(20-24)15(8-10-19-21)13-4-6-14(7-5-13)16-3-1-2-9-18-16/h1-10H,11-12H2. The normalized spacial score (nSPS) is 18.6. The maximum Gasteiger partial charge on any atom is 0.256 e. The highest BCUT2D eigenvalue weighted by Crippen LogP contribution is 2.26. The Balaban J connectivity index is 1.72. The van der Waals surface area contributed by atoms with Gasteiger partial charge in [-0.1, -0.05) is 30.3 Å². The van der Waals surface area contributed by atoms with E-state index in [2.05, 4.69) is 14.5 Å². The summed E-state index contributed by atoms with van der Waals surface area (Å²) < 4.78 is 27.5. The Kier molecular flexibility index (Phi) is 3.50. The van der Waals surface area contributed by atoms with Crippen LogP contribution in [0.4, 0.5) is 0 Å². The molecule has 0 aliphatic carbocycles. The van der Waals surface area contributed by atoms with Gasteiger partial charge in [0.1, 0.15) is 0 Å². The topological polar surface area (TPSA) is 75.0 Å². The highest BCUT2D eigenvalue weighted by molar-refractivity contribution is 7.90. The second-order valence-electron chi connectivity index (χ2n) is 5.46. The largest absolute Gasteiger partial charge is 0.256 e. The molecule has 0 saturated heterocycles. The third kappa shape index (κ3) is 2.74. The molecule has 6 nitrogen and oxygen atoms in total. The summed E-state index contributed by atoms with van der Waals surface area (Å²) in [4.78, 5) is 4.33. The fraction of sp³-hybridized carbons (Fsp3) is 0.118. The smallest absolute Gasteiger partial charge is 0.256 e. The van der Waals surface area contributed by atoms with Gasteiger partial charge in [-0.05, 0) is 23.8 Å². The number of hydrogen-bond donors (Lipinski definition) is 0. The van der Waals surface area contributed by atoms with E-state index in [1.165, 1.54) is 0 Å².